The highest BCUT2D eigenvalue weighted by atomic mass is 16.6. The van der Waals surface area contributed by atoms with E-state index in [2.05, 4.69) is 5.32 Å². The van der Waals surface area contributed by atoms with E-state index in [1.807, 2.05) is 32.0 Å². The number of carboxylic acid groups (broad SMARTS) is 1. The summed E-state index contributed by atoms with van der Waals surface area (Å²) in [6, 6.07) is 9.50. The van der Waals surface area contributed by atoms with Crippen molar-refractivity contribution in [1.29, 1.82) is 0 Å². The maximum atomic E-state index is 11.3. The zero-order valence-electron chi connectivity index (χ0n) is 11.6. The topological polar surface area (TPSA) is 92.5 Å². The molecule has 0 aliphatic rings. The molecule has 6 heteroatoms. The minimum atomic E-state index is -1.22. The lowest BCUT2D eigenvalue weighted by atomic mass is 10.1. The molecule has 108 valence electrons. The minimum Gasteiger partial charge on any atom is -0.478 e. The molecule has 0 fully saturated rings. The van der Waals surface area contributed by atoms with Gasteiger partial charge in [0.2, 0.25) is 0 Å². The molecule has 2 aromatic rings. The van der Waals surface area contributed by atoms with Gasteiger partial charge < -0.3 is 10.4 Å². The van der Waals surface area contributed by atoms with Gasteiger partial charge in [0.25, 0.3) is 5.69 Å². The van der Waals surface area contributed by atoms with Gasteiger partial charge in [-0.3, -0.25) is 10.1 Å². The van der Waals surface area contributed by atoms with Crippen LogP contribution in [0.25, 0.3) is 0 Å². The predicted octanol–water partition coefficient (Wildman–Crippen LogP) is 3.65. The molecule has 0 atom stereocenters. The highest BCUT2D eigenvalue weighted by Gasteiger charge is 2.16. The van der Waals surface area contributed by atoms with Crippen molar-refractivity contribution in [2.24, 2.45) is 0 Å². The van der Waals surface area contributed by atoms with Gasteiger partial charge >= 0.3 is 5.97 Å². The molecule has 0 saturated carbocycles. The minimum absolute atomic E-state index is 0.134. The fourth-order valence-corrected chi connectivity index (χ4v) is 1.95. The Morgan fingerprint density at radius 3 is 2.48 bits per heavy atom. The molecule has 0 amide bonds. The van der Waals surface area contributed by atoms with Crippen molar-refractivity contribution in [2.45, 2.75) is 13.8 Å². The van der Waals surface area contributed by atoms with Crippen molar-refractivity contribution < 1.29 is 14.8 Å². The maximum Gasteiger partial charge on any atom is 0.338 e. The second-order valence-electron chi connectivity index (χ2n) is 4.74. The van der Waals surface area contributed by atoms with Crippen LogP contribution >= 0.6 is 0 Å². The van der Waals surface area contributed by atoms with Crippen molar-refractivity contribution in [1.82, 2.24) is 0 Å². The van der Waals surface area contributed by atoms with Crippen molar-refractivity contribution in [3.8, 4) is 0 Å². The van der Waals surface area contributed by atoms with E-state index >= 15 is 0 Å². The Balaban J connectivity index is 2.46. The standard InChI is InChI=1S/C15H14N2O4/c1-9-3-4-10(2)14(7-9)16-13-6-5-11(17(20)21)8-12(13)15(18)19/h3-8,16H,1-2H3,(H,18,19). The van der Waals surface area contributed by atoms with Crippen LogP contribution in [-0.4, -0.2) is 16.0 Å². The van der Waals surface area contributed by atoms with Crippen LogP contribution in [0.2, 0.25) is 0 Å². The monoisotopic (exact) mass is 286 g/mol. The van der Waals surface area contributed by atoms with E-state index in [9.17, 15) is 20.0 Å². The van der Waals surface area contributed by atoms with E-state index in [0.29, 0.717) is 5.69 Å². The number of aryl methyl sites for hydroxylation is 2. The van der Waals surface area contributed by atoms with Gasteiger partial charge in [0, 0.05) is 17.8 Å². The number of nitrogens with zero attached hydrogens (tertiary/aromatic N) is 1. The normalized spacial score (nSPS) is 10.2. The van der Waals surface area contributed by atoms with E-state index in [-0.39, 0.29) is 11.3 Å². The lowest BCUT2D eigenvalue weighted by Crippen LogP contribution is -2.04. The molecular weight excluding hydrogens is 272 g/mol. The number of nitro benzene ring substituents is 1. The molecule has 0 aliphatic carbocycles. The van der Waals surface area contributed by atoms with Gasteiger partial charge in [0.15, 0.2) is 0 Å². The quantitative estimate of drug-likeness (QED) is 0.661. The van der Waals surface area contributed by atoms with E-state index in [0.717, 1.165) is 22.9 Å². The highest BCUT2D eigenvalue weighted by molar-refractivity contribution is 5.96. The number of carboxylic acids is 1. The maximum absolute atomic E-state index is 11.3. The van der Waals surface area contributed by atoms with Crippen LogP contribution < -0.4 is 5.32 Å². The molecule has 0 aliphatic heterocycles. The first-order valence-electron chi connectivity index (χ1n) is 6.24. The van der Waals surface area contributed by atoms with Crippen LogP contribution in [0.3, 0.4) is 0 Å². The number of hydrogen-bond acceptors (Lipinski definition) is 4. The van der Waals surface area contributed by atoms with Crippen LogP contribution in [0.15, 0.2) is 36.4 Å². The Bertz CT molecular complexity index is 726. The Morgan fingerprint density at radius 1 is 1.14 bits per heavy atom. The van der Waals surface area contributed by atoms with Gasteiger partial charge in [-0.2, -0.15) is 0 Å². The second kappa shape index (κ2) is 5.62. The van der Waals surface area contributed by atoms with Crippen LogP contribution in [0.4, 0.5) is 17.1 Å². The molecule has 0 spiro atoms. The zero-order chi connectivity index (χ0) is 15.6. The van der Waals surface area contributed by atoms with Crippen molar-refractivity contribution >= 4 is 23.0 Å². The molecule has 2 aromatic carbocycles. The third kappa shape index (κ3) is 3.17. The molecule has 6 nitrogen and oxygen atoms in total. The lowest BCUT2D eigenvalue weighted by Gasteiger charge is -2.12. The fraction of sp³-hybridized carbons (Fsp3) is 0.133. The van der Waals surface area contributed by atoms with Gasteiger partial charge in [-0.05, 0) is 37.1 Å². The number of nitrogens with one attached hydrogen (secondary N) is 1. The fourth-order valence-electron chi connectivity index (χ4n) is 1.95. The predicted molar refractivity (Wildman–Crippen MR) is 79.3 cm³/mol. The van der Waals surface area contributed by atoms with Gasteiger partial charge in [-0.25, -0.2) is 4.79 Å². The summed E-state index contributed by atoms with van der Waals surface area (Å²) in [7, 11) is 0. The summed E-state index contributed by atoms with van der Waals surface area (Å²) in [5.41, 5.74) is 2.69. The Kier molecular flexibility index (Phi) is 3.89. The molecule has 21 heavy (non-hydrogen) atoms. The average Bonchev–Trinajstić information content (AvgIpc) is 2.42. The number of benzene rings is 2. The van der Waals surface area contributed by atoms with Crippen LogP contribution in [0.5, 0.6) is 0 Å². The molecule has 0 saturated heterocycles. The smallest absolute Gasteiger partial charge is 0.338 e. The third-order valence-electron chi connectivity index (χ3n) is 3.11. The summed E-state index contributed by atoms with van der Waals surface area (Å²) in [4.78, 5) is 21.4. The SMILES string of the molecule is Cc1ccc(C)c(Nc2ccc([N+](=O)[O-])cc2C(=O)O)c1. The van der Waals surface area contributed by atoms with Gasteiger partial charge in [0.1, 0.15) is 0 Å². The van der Waals surface area contributed by atoms with Crippen LogP contribution in [0, 0.1) is 24.0 Å². The van der Waals surface area contributed by atoms with E-state index in [1.54, 1.807) is 0 Å². The molecule has 0 unspecified atom stereocenters. The molecule has 0 heterocycles. The third-order valence-corrected chi connectivity index (χ3v) is 3.11. The largest absolute Gasteiger partial charge is 0.478 e. The van der Waals surface area contributed by atoms with Crippen molar-refractivity contribution in [2.75, 3.05) is 5.32 Å². The summed E-state index contributed by atoms with van der Waals surface area (Å²) < 4.78 is 0. The van der Waals surface area contributed by atoms with E-state index < -0.39 is 10.9 Å². The molecular formula is C15H14N2O4. The van der Waals surface area contributed by atoms with Crippen LogP contribution in [0.1, 0.15) is 21.5 Å². The number of aromatic carboxylic acids is 1. The Morgan fingerprint density at radius 2 is 1.86 bits per heavy atom. The number of nitro groups is 1. The summed E-state index contributed by atoms with van der Waals surface area (Å²) in [5.74, 6) is -1.22. The summed E-state index contributed by atoms with van der Waals surface area (Å²) in [6.45, 7) is 3.83. The van der Waals surface area contributed by atoms with Gasteiger partial charge in [-0.15, -0.1) is 0 Å². The molecule has 0 bridgehead atoms. The zero-order valence-corrected chi connectivity index (χ0v) is 11.6. The highest BCUT2D eigenvalue weighted by Crippen LogP contribution is 2.27. The average molecular weight is 286 g/mol. The molecule has 0 aromatic heterocycles. The molecule has 2 rings (SSSR count). The van der Waals surface area contributed by atoms with E-state index in [4.69, 9.17) is 0 Å². The van der Waals surface area contributed by atoms with Crippen molar-refractivity contribution in [3.63, 3.8) is 0 Å². The molecule has 2 N–H and O–H groups in total. The number of carbonyl (C=O) groups is 1. The number of rotatable bonds is 4. The number of non-ortho nitro benzene ring substituents is 1. The summed E-state index contributed by atoms with van der Waals surface area (Å²) in [5, 5.41) is 23.0. The number of anilines is 2. The summed E-state index contributed by atoms with van der Waals surface area (Å²) in [6.07, 6.45) is 0. The first-order chi connectivity index (χ1) is 9.88. The van der Waals surface area contributed by atoms with Gasteiger partial charge in [0.05, 0.1) is 16.2 Å². The first kappa shape index (κ1) is 14.5. The van der Waals surface area contributed by atoms with Crippen molar-refractivity contribution in [3.05, 3.63) is 63.2 Å². The number of hydrogen-bond donors (Lipinski definition) is 2. The lowest BCUT2D eigenvalue weighted by molar-refractivity contribution is -0.384. The van der Waals surface area contributed by atoms with Gasteiger partial charge in [-0.1, -0.05) is 12.1 Å². The van der Waals surface area contributed by atoms with E-state index in [1.165, 1.54) is 12.1 Å². The Labute approximate surface area is 121 Å². The molecule has 0 radical (unpaired) electrons. The first-order valence-corrected chi connectivity index (χ1v) is 6.24. The summed E-state index contributed by atoms with van der Waals surface area (Å²) >= 11 is 0. The Hall–Kier alpha value is -2.89. The second-order valence-corrected chi connectivity index (χ2v) is 4.74. The van der Waals surface area contributed by atoms with Crippen LogP contribution in [-0.2, 0) is 0 Å².